The van der Waals surface area contributed by atoms with E-state index in [1.165, 1.54) is 11.6 Å². The summed E-state index contributed by atoms with van der Waals surface area (Å²) in [4.78, 5) is 7.01. The molecule has 4 nitrogen and oxygen atoms in total. The molecule has 1 aliphatic heterocycles. The van der Waals surface area contributed by atoms with Crippen LogP contribution in [-0.4, -0.2) is 29.0 Å². The highest BCUT2D eigenvalue weighted by Crippen LogP contribution is 2.37. The predicted molar refractivity (Wildman–Crippen MR) is 130 cm³/mol. The van der Waals surface area contributed by atoms with Crippen molar-refractivity contribution in [3.8, 4) is 11.3 Å². The second-order valence-electron chi connectivity index (χ2n) is 8.35. The summed E-state index contributed by atoms with van der Waals surface area (Å²) in [5.74, 6) is -0.331. The van der Waals surface area contributed by atoms with Gasteiger partial charge in [0.05, 0.1) is 22.8 Å². The zero-order valence-electron chi connectivity index (χ0n) is 18.7. The number of halogens is 1. The Kier molecular flexibility index (Phi) is 6.86. The van der Waals surface area contributed by atoms with E-state index in [9.17, 15) is 0 Å². The fourth-order valence-electron chi connectivity index (χ4n) is 4.12. The number of rotatable bonds is 7. The number of benzene rings is 1. The van der Waals surface area contributed by atoms with Crippen LogP contribution in [0, 0.1) is 5.82 Å². The Morgan fingerprint density at radius 1 is 1.22 bits per heavy atom. The van der Waals surface area contributed by atoms with Crippen LogP contribution in [0.1, 0.15) is 38.3 Å². The fourth-order valence-corrected chi connectivity index (χ4v) is 4.12. The molecule has 1 aromatic heterocycles. The Labute approximate surface area is 190 Å². The number of likely N-dealkylation sites (tertiary alicyclic amines) is 1. The summed E-state index contributed by atoms with van der Waals surface area (Å²) < 4.78 is 15.0. The number of nitrogens with zero attached hydrogens (tertiary/aromatic N) is 2. The van der Waals surface area contributed by atoms with E-state index in [2.05, 4.69) is 22.9 Å². The van der Waals surface area contributed by atoms with Gasteiger partial charge in [-0.15, -0.1) is 0 Å². The number of piperidine rings is 1. The van der Waals surface area contributed by atoms with Crippen molar-refractivity contribution in [1.29, 1.82) is 0 Å². The molecule has 0 spiro atoms. The summed E-state index contributed by atoms with van der Waals surface area (Å²) in [6.07, 6.45) is 9.86. The van der Waals surface area contributed by atoms with Gasteiger partial charge in [-0.05, 0) is 62.5 Å². The maximum atomic E-state index is 15.0. The van der Waals surface area contributed by atoms with E-state index in [1.807, 2.05) is 43.3 Å². The summed E-state index contributed by atoms with van der Waals surface area (Å²) in [7, 11) is 0. The summed E-state index contributed by atoms with van der Waals surface area (Å²) >= 11 is 0. The third kappa shape index (κ3) is 5.00. The Hall–Kier alpha value is -3.18. The van der Waals surface area contributed by atoms with Crippen molar-refractivity contribution in [2.75, 3.05) is 13.1 Å². The van der Waals surface area contributed by atoms with Gasteiger partial charge in [-0.3, -0.25) is 0 Å². The number of nitrogens with one attached hydrogen (secondary N) is 1. The number of nitrogens with two attached hydrogens (primary N) is 1. The molecule has 1 saturated heterocycles. The van der Waals surface area contributed by atoms with Crippen LogP contribution < -0.4 is 11.1 Å². The molecule has 166 valence electrons. The standard InChI is InChI=1S/C27H31FN4/c1-3-9-25(32-17-8-12-21(29)18-32)23(4-2)30-26(20-13-14-20)27-22(28)15-16-24(31-27)19-10-6-5-7-11-19/h3-7,9-11,15-16,21,30H,2,8,12-14,17-18,29H2,1H3/b9-3-,25-23-/t21-/m0/s1. The number of hydrogen-bond acceptors (Lipinski definition) is 4. The molecule has 0 amide bonds. The van der Waals surface area contributed by atoms with Gasteiger partial charge in [0.15, 0.2) is 5.82 Å². The molecule has 3 N–H and O–H groups in total. The molecule has 2 aliphatic rings. The molecule has 1 aromatic carbocycles. The Balaban J connectivity index is 1.73. The van der Waals surface area contributed by atoms with Gasteiger partial charge in [-0.2, -0.15) is 0 Å². The summed E-state index contributed by atoms with van der Waals surface area (Å²) in [6, 6.07) is 13.2. The van der Waals surface area contributed by atoms with Crippen molar-refractivity contribution in [3.63, 3.8) is 0 Å². The summed E-state index contributed by atoms with van der Waals surface area (Å²) in [6.45, 7) is 7.77. The lowest BCUT2D eigenvalue weighted by Crippen LogP contribution is -2.42. The monoisotopic (exact) mass is 430 g/mol. The Morgan fingerprint density at radius 3 is 2.66 bits per heavy atom. The normalized spacial score (nSPS) is 19.0. The van der Waals surface area contributed by atoms with Gasteiger partial charge >= 0.3 is 0 Å². The predicted octanol–water partition coefficient (Wildman–Crippen LogP) is 5.38. The van der Waals surface area contributed by atoms with Gasteiger partial charge in [0.1, 0.15) is 5.69 Å². The number of aromatic nitrogens is 1. The average molecular weight is 431 g/mol. The van der Waals surface area contributed by atoms with E-state index in [1.54, 1.807) is 12.1 Å². The lowest BCUT2D eigenvalue weighted by atomic mass is 10.0. The third-order valence-electron chi connectivity index (χ3n) is 5.87. The van der Waals surface area contributed by atoms with Crippen molar-refractivity contribution in [3.05, 3.63) is 95.7 Å². The topological polar surface area (TPSA) is 54.2 Å². The molecule has 4 rings (SSSR count). The Morgan fingerprint density at radius 2 is 2.00 bits per heavy atom. The maximum absolute atomic E-state index is 15.0. The van der Waals surface area contributed by atoms with Crippen molar-refractivity contribution < 1.29 is 4.39 Å². The summed E-state index contributed by atoms with van der Waals surface area (Å²) in [5, 5.41) is 3.50. The van der Waals surface area contributed by atoms with Gasteiger partial charge in [-0.1, -0.05) is 43.0 Å². The lowest BCUT2D eigenvalue weighted by molar-refractivity contribution is 0.264. The molecule has 5 heteroatoms. The average Bonchev–Trinajstić information content (AvgIpc) is 3.65. The Bertz CT molecular complexity index is 1060. The zero-order chi connectivity index (χ0) is 22.5. The molecule has 2 aromatic rings. The zero-order valence-corrected chi connectivity index (χ0v) is 18.7. The number of hydrogen-bond donors (Lipinski definition) is 2. The SMILES string of the molecule is C=C/C(NC(=C1CC1)c1nc(-c2ccccc2)ccc1F)=C(\C=C/C)N1CCC[C@H](N)C1. The van der Waals surface area contributed by atoms with Gasteiger partial charge in [-0.25, -0.2) is 9.37 Å². The molecular weight excluding hydrogens is 399 g/mol. The number of allylic oxidation sites excluding steroid dienone is 4. The highest BCUT2D eigenvalue weighted by Gasteiger charge is 2.25. The molecule has 0 radical (unpaired) electrons. The summed E-state index contributed by atoms with van der Waals surface area (Å²) in [5.41, 5.74) is 12.1. The second-order valence-corrected chi connectivity index (χ2v) is 8.35. The fraction of sp³-hybridized carbons (Fsp3) is 0.296. The molecular formula is C27H31FN4. The second kappa shape index (κ2) is 9.96. The van der Waals surface area contributed by atoms with Crippen molar-refractivity contribution >= 4 is 5.70 Å². The van der Waals surface area contributed by atoms with E-state index in [-0.39, 0.29) is 11.9 Å². The van der Waals surface area contributed by atoms with Crippen molar-refractivity contribution in [2.45, 2.75) is 38.6 Å². The van der Waals surface area contributed by atoms with Crippen LogP contribution in [0.15, 0.2) is 84.2 Å². The molecule has 0 bridgehead atoms. The van der Waals surface area contributed by atoms with Crippen LogP contribution in [0.25, 0.3) is 17.0 Å². The lowest BCUT2D eigenvalue weighted by Gasteiger charge is -2.34. The molecule has 0 unspecified atom stereocenters. The minimum Gasteiger partial charge on any atom is -0.368 e. The van der Waals surface area contributed by atoms with Crippen LogP contribution in [0.2, 0.25) is 0 Å². The van der Waals surface area contributed by atoms with Crippen molar-refractivity contribution in [1.82, 2.24) is 15.2 Å². The number of pyridine rings is 1. The van der Waals surface area contributed by atoms with Crippen LogP contribution in [0.3, 0.4) is 0 Å². The van der Waals surface area contributed by atoms with Gasteiger partial charge < -0.3 is 16.0 Å². The van der Waals surface area contributed by atoms with E-state index < -0.39 is 0 Å². The first-order valence-corrected chi connectivity index (χ1v) is 11.3. The first-order chi connectivity index (χ1) is 15.6. The van der Waals surface area contributed by atoms with Gasteiger partial charge in [0, 0.05) is 24.7 Å². The molecule has 2 fully saturated rings. The van der Waals surface area contributed by atoms with Gasteiger partial charge in [0.25, 0.3) is 0 Å². The van der Waals surface area contributed by atoms with Crippen molar-refractivity contribution in [2.24, 2.45) is 5.73 Å². The molecule has 1 saturated carbocycles. The maximum Gasteiger partial charge on any atom is 0.151 e. The molecule has 1 aliphatic carbocycles. The third-order valence-corrected chi connectivity index (χ3v) is 5.87. The van der Waals surface area contributed by atoms with Crippen LogP contribution in [-0.2, 0) is 0 Å². The van der Waals surface area contributed by atoms with E-state index in [4.69, 9.17) is 10.7 Å². The highest BCUT2D eigenvalue weighted by molar-refractivity contribution is 5.72. The smallest absolute Gasteiger partial charge is 0.151 e. The quantitative estimate of drug-likeness (QED) is 0.579. The van der Waals surface area contributed by atoms with Crippen LogP contribution >= 0.6 is 0 Å². The molecule has 2 heterocycles. The highest BCUT2D eigenvalue weighted by atomic mass is 19.1. The molecule has 32 heavy (non-hydrogen) atoms. The first-order valence-electron chi connectivity index (χ1n) is 11.3. The minimum atomic E-state index is -0.331. The van der Waals surface area contributed by atoms with Gasteiger partial charge in [0.2, 0.25) is 0 Å². The first kappa shape index (κ1) is 22.0. The minimum absolute atomic E-state index is 0.151. The van der Waals surface area contributed by atoms with E-state index in [0.29, 0.717) is 5.69 Å². The molecule has 1 atom stereocenters. The van der Waals surface area contributed by atoms with E-state index in [0.717, 1.165) is 67.1 Å². The largest absolute Gasteiger partial charge is 0.368 e. The van der Waals surface area contributed by atoms with Crippen LogP contribution in [0.4, 0.5) is 4.39 Å². The van der Waals surface area contributed by atoms with E-state index >= 15 is 4.39 Å². The van der Waals surface area contributed by atoms with Crippen LogP contribution in [0.5, 0.6) is 0 Å².